The van der Waals surface area contributed by atoms with Crippen LogP contribution in [0.3, 0.4) is 0 Å². The van der Waals surface area contributed by atoms with E-state index < -0.39 is 5.92 Å². The normalized spacial score (nSPS) is 18.6. The molecule has 0 radical (unpaired) electrons. The number of amides is 2. The number of nitrogens with zero attached hydrogens (tertiary/aromatic N) is 4. The number of thiophene rings is 1. The van der Waals surface area contributed by atoms with E-state index in [9.17, 15) is 9.59 Å². The number of aromatic nitrogens is 3. The van der Waals surface area contributed by atoms with Gasteiger partial charge in [-0.25, -0.2) is 0 Å². The van der Waals surface area contributed by atoms with Crippen molar-refractivity contribution in [3.8, 4) is 0 Å². The molecule has 4 aromatic rings. The monoisotopic (exact) mass is 431 g/mol. The third kappa shape index (κ3) is 3.59. The summed E-state index contributed by atoms with van der Waals surface area (Å²) in [4.78, 5) is 29.0. The number of aryl methyl sites for hydroxylation is 1. The van der Waals surface area contributed by atoms with Crippen molar-refractivity contribution in [2.75, 3.05) is 4.90 Å². The SMILES string of the molecule is Cc1ccc(N2C(=O)CC(C(=O)NCc3nnc4ccccn34)C2c2cccs2)cc1. The molecule has 1 saturated heterocycles. The molecule has 1 fully saturated rings. The first-order chi connectivity index (χ1) is 15.1. The lowest BCUT2D eigenvalue weighted by Crippen LogP contribution is -2.35. The summed E-state index contributed by atoms with van der Waals surface area (Å²) >= 11 is 1.56. The molecule has 1 N–H and O–H groups in total. The number of pyridine rings is 1. The molecule has 0 aliphatic carbocycles. The first kappa shape index (κ1) is 19.4. The number of carbonyl (C=O) groups is 2. The van der Waals surface area contributed by atoms with Gasteiger partial charge < -0.3 is 10.2 Å². The van der Waals surface area contributed by atoms with Gasteiger partial charge in [-0.05, 0) is 42.6 Å². The van der Waals surface area contributed by atoms with Gasteiger partial charge in [0, 0.05) is 23.2 Å². The van der Waals surface area contributed by atoms with Gasteiger partial charge >= 0.3 is 0 Å². The molecule has 8 heteroatoms. The molecule has 1 aliphatic rings. The third-order valence-corrected chi connectivity index (χ3v) is 6.55. The summed E-state index contributed by atoms with van der Waals surface area (Å²) < 4.78 is 1.84. The highest BCUT2D eigenvalue weighted by atomic mass is 32.1. The van der Waals surface area contributed by atoms with Crippen molar-refractivity contribution in [1.29, 1.82) is 0 Å². The molecule has 7 nitrogen and oxygen atoms in total. The first-order valence-electron chi connectivity index (χ1n) is 10.1. The smallest absolute Gasteiger partial charge is 0.228 e. The summed E-state index contributed by atoms with van der Waals surface area (Å²) in [6.45, 7) is 2.26. The quantitative estimate of drug-likeness (QED) is 0.524. The second-order valence-electron chi connectivity index (χ2n) is 7.63. The van der Waals surface area contributed by atoms with Crippen LogP contribution in [0.2, 0.25) is 0 Å². The van der Waals surface area contributed by atoms with Gasteiger partial charge in [-0.15, -0.1) is 21.5 Å². The van der Waals surface area contributed by atoms with E-state index in [0.29, 0.717) is 5.82 Å². The maximum Gasteiger partial charge on any atom is 0.228 e. The van der Waals surface area contributed by atoms with Crippen LogP contribution in [0.25, 0.3) is 5.65 Å². The molecule has 0 saturated carbocycles. The Hall–Kier alpha value is -3.52. The summed E-state index contributed by atoms with van der Waals surface area (Å²) in [6, 6.07) is 17.1. The van der Waals surface area contributed by atoms with Gasteiger partial charge in [0.25, 0.3) is 0 Å². The van der Waals surface area contributed by atoms with Crippen molar-refractivity contribution in [2.45, 2.75) is 25.9 Å². The zero-order valence-corrected chi connectivity index (χ0v) is 17.7. The number of nitrogens with one attached hydrogen (secondary N) is 1. The zero-order valence-electron chi connectivity index (χ0n) is 16.9. The van der Waals surface area contributed by atoms with Crippen molar-refractivity contribution < 1.29 is 9.59 Å². The van der Waals surface area contributed by atoms with E-state index in [2.05, 4.69) is 15.5 Å². The Bertz CT molecular complexity index is 1230. The molecule has 5 rings (SSSR count). The Kier molecular flexibility index (Phi) is 4.99. The van der Waals surface area contributed by atoms with Crippen LogP contribution in [0.15, 0.2) is 66.2 Å². The molecule has 0 bridgehead atoms. The number of hydrogen-bond acceptors (Lipinski definition) is 5. The molecule has 1 aliphatic heterocycles. The standard InChI is InChI=1S/C23H21N5O2S/c1-15-7-9-16(10-8-15)28-21(29)13-17(22(28)18-5-4-12-31-18)23(30)24-14-20-26-25-19-6-2-3-11-27(19)20/h2-12,17,22H,13-14H2,1H3,(H,24,30). The Morgan fingerprint density at radius 1 is 1.13 bits per heavy atom. The second-order valence-corrected chi connectivity index (χ2v) is 8.61. The van der Waals surface area contributed by atoms with Gasteiger partial charge in [-0.3, -0.25) is 14.0 Å². The average molecular weight is 432 g/mol. The van der Waals surface area contributed by atoms with Crippen LogP contribution in [-0.2, 0) is 16.1 Å². The van der Waals surface area contributed by atoms with E-state index in [1.807, 2.05) is 77.5 Å². The Morgan fingerprint density at radius 2 is 1.97 bits per heavy atom. The second kappa shape index (κ2) is 7.96. The molecule has 2 atom stereocenters. The fourth-order valence-electron chi connectivity index (χ4n) is 4.07. The Balaban J connectivity index is 1.41. The molecule has 4 heterocycles. The van der Waals surface area contributed by atoms with E-state index in [1.54, 1.807) is 16.2 Å². The van der Waals surface area contributed by atoms with Crippen molar-refractivity contribution in [3.05, 3.63) is 82.4 Å². The molecule has 3 aromatic heterocycles. The van der Waals surface area contributed by atoms with Crippen molar-refractivity contribution in [3.63, 3.8) is 0 Å². The number of benzene rings is 1. The highest BCUT2D eigenvalue weighted by Gasteiger charge is 2.45. The summed E-state index contributed by atoms with van der Waals surface area (Å²) in [7, 11) is 0. The predicted octanol–water partition coefficient (Wildman–Crippen LogP) is 3.51. The summed E-state index contributed by atoms with van der Waals surface area (Å²) in [5.74, 6) is -0.0349. The van der Waals surface area contributed by atoms with Gasteiger partial charge in [-0.1, -0.05) is 29.8 Å². The molecule has 2 unspecified atom stereocenters. The highest BCUT2D eigenvalue weighted by molar-refractivity contribution is 7.10. The van der Waals surface area contributed by atoms with E-state index >= 15 is 0 Å². The minimum atomic E-state index is -0.480. The van der Waals surface area contributed by atoms with E-state index in [1.165, 1.54) is 0 Å². The number of anilines is 1. The van der Waals surface area contributed by atoms with Crippen molar-refractivity contribution in [2.24, 2.45) is 5.92 Å². The van der Waals surface area contributed by atoms with Gasteiger partial charge in [0.05, 0.1) is 18.5 Å². The topological polar surface area (TPSA) is 79.6 Å². The lowest BCUT2D eigenvalue weighted by atomic mass is 9.97. The lowest BCUT2D eigenvalue weighted by Gasteiger charge is -2.27. The van der Waals surface area contributed by atoms with Gasteiger partial charge in [-0.2, -0.15) is 0 Å². The highest BCUT2D eigenvalue weighted by Crippen LogP contribution is 2.43. The maximum atomic E-state index is 13.2. The molecule has 31 heavy (non-hydrogen) atoms. The molecule has 2 amide bonds. The van der Waals surface area contributed by atoms with Crippen molar-refractivity contribution >= 4 is 34.5 Å². The summed E-state index contributed by atoms with van der Waals surface area (Å²) in [6.07, 6.45) is 2.03. The Morgan fingerprint density at radius 3 is 2.74 bits per heavy atom. The lowest BCUT2D eigenvalue weighted by molar-refractivity contribution is -0.127. The van der Waals surface area contributed by atoms with Crippen LogP contribution in [-0.4, -0.2) is 26.4 Å². The van der Waals surface area contributed by atoms with E-state index in [-0.39, 0.29) is 30.8 Å². The van der Waals surface area contributed by atoms with Crippen molar-refractivity contribution in [1.82, 2.24) is 19.9 Å². The van der Waals surface area contributed by atoms with Gasteiger partial charge in [0.1, 0.15) is 0 Å². The predicted molar refractivity (Wildman–Crippen MR) is 119 cm³/mol. The van der Waals surface area contributed by atoms with Crippen LogP contribution in [0.4, 0.5) is 5.69 Å². The number of hydrogen-bond donors (Lipinski definition) is 1. The third-order valence-electron chi connectivity index (χ3n) is 5.61. The van der Waals surface area contributed by atoms with Crippen LogP contribution in [0, 0.1) is 12.8 Å². The van der Waals surface area contributed by atoms with E-state index in [0.717, 1.165) is 21.8 Å². The van der Waals surface area contributed by atoms with Gasteiger partial charge in [0.15, 0.2) is 11.5 Å². The van der Waals surface area contributed by atoms with Crippen LogP contribution in [0.5, 0.6) is 0 Å². The molecular weight excluding hydrogens is 410 g/mol. The summed E-state index contributed by atoms with van der Waals surface area (Å²) in [5.41, 5.74) is 2.66. The molecule has 1 aromatic carbocycles. The molecular formula is C23H21N5O2S. The van der Waals surface area contributed by atoms with Crippen LogP contribution >= 0.6 is 11.3 Å². The fraction of sp³-hybridized carbons (Fsp3) is 0.217. The number of fused-ring (bicyclic) bond motifs is 1. The minimum absolute atomic E-state index is 0.0460. The average Bonchev–Trinajstić information content (AvgIpc) is 3.51. The molecule has 0 spiro atoms. The number of carbonyl (C=O) groups excluding carboxylic acids is 2. The largest absolute Gasteiger partial charge is 0.348 e. The fourth-order valence-corrected chi connectivity index (χ4v) is 4.95. The number of rotatable bonds is 5. The maximum absolute atomic E-state index is 13.2. The van der Waals surface area contributed by atoms with E-state index in [4.69, 9.17) is 0 Å². The van der Waals surface area contributed by atoms with Gasteiger partial charge in [0.2, 0.25) is 11.8 Å². The first-order valence-corrected chi connectivity index (χ1v) is 11.0. The zero-order chi connectivity index (χ0) is 21.4. The van der Waals surface area contributed by atoms with Crippen LogP contribution in [0.1, 0.15) is 28.7 Å². The minimum Gasteiger partial charge on any atom is -0.348 e. The van der Waals surface area contributed by atoms with Crippen LogP contribution < -0.4 is 10.2 Å². The Labute approximate surface area is 183 Å². The molecule has 156 valence electrons. The summed E-state index contributed by atoms with van der Waals surface area (Å²) in [5, 5.41) is 13.2.